The standard InChI is InChI=1S/C22H24N2O3/c1-4-15-7-10-19-18(14-27-20(19)11-15)12-21(25)24(3)13-16-5-8-17(9-6-16)22(26)23-2/h5-11,14H,4,12-13H2,1-3H3,(H,23,26). The van der Waals surface area contributed by atoms with E-state index >= 15 is 0 Å². The Bertz CT molecular complexity index is 957. The predicted molar refractivity (Wildman–Crippen MR) is 106 cm³/mol. The topological polar surface area (TPSA) is 62.6 Å². The van der Waals surface area contributed by atoms with Crippen LogP contribution in [0.5, 0.6) is 0 Å². The van der Waals surface area contributed by atoms with Crippen LogP contribution < -0.4 is 5.32 Å². The van der Waals surface area contributed by atoms with Crippen LogP contribution in [0.1, 0.15) is 34.0 Å². The Labute approximate surface area is 159 Å². The molecule has 0 aliphatic rings. The van der Waals surface area contributed by atoms with E-state index in [4.69, 9.17) is 4.42 Å². The number of benzene rings is 2. The summed E-state index contributed by atoms with van der Waals surface area (Å²) in [4.78, 5) is 25.9. The number of likely N-dealkylation sites (N-methyl/N-ethyl adjacent to an activating group) is 1. The third-order valence-electron chi connectivity index (χ3n) is 4.76. The van der Waals surface area contributed by atoms with Crippen molar-refractivity contribution in [1.29, 1.82) is 0 Å². The van der Waals surface area contributed by atoms with E-state index in [1.54, 1.807) is 37.4 Å². The molecule has 0 aliphatic carbocycles. The van der Waals surface area contributed by atoms with Crippen molar-refractivity contribution < 1.29 is 14.0 Å². The van der Waals surface area contributed by atoms with E-state index in [0.29, 0.717) is 18.5 Å². The van der Waals surface area contributed by atoms with E-state index in [1.165, 1.54) is 5.56 Å². The molecule has 27 heavy (non-hydrogen) atoms. The summed E-state index contributed by atoms with van der Waals surface area (Å²) >= 11 is 0. The highest BCUT2D eigenvalue weighted by Crippen LogP contribution is 2.23. The molecule has 1 aromatic heterocycles. The molecule has 0 saturated carbocycles. The number of furan rings is 1. The molecule has 0 unspecified atom stereocenters. The van der Waals surface area contributed by atoms with Crippen LogP contribution in [0.4, 0.5) is 0 Å². The number of hydrogen-bond donors (Lipinski definition) is 1. The van der Waals surface area contributed by atoms with Crippen molar-refractivity contribution in [3.63, 3.8) is 0 Å². The molecule has 0 radical (unpaired) electrons. The van der Waals surface area contributed by atoms with Gasteiger partial charge in [-0.15, -0.1) is 0 Å². The molecular weight excluding hydrogens is 340 g/mol. The van der Waals surface area contributed by atoms with Crippen LogP contribution in [0.15, 0.2) is 53.1 Å². The summed E-state index contributed by atoms with van der Waals surface area (Å²) in [5, 5.41) is 3.58. The molecule has 1 heterocycles. The zero-order chi connectivity index (χ0) is 19.4. The molecule has 3 aromatic rings. The average molecular weight is 364 g/mol. The minimum atomic E-state index is -0.121. The van der Waals surface area contributed by atoms with E-state index < -0.39 is 0 Å². The maximum Gasteiger partial charge on any atom is 0.251 e. The molecule has 0 aliphatic heterocycles. The number of hydrogen-bond acceptors (Lipinski definition) is 3. The van der Waals surface area contributed by atoms with Crippen molar-refractivity contribution in [2.75, 3.05) is 14.1 Å². The Hall–Kier alpha value is -3.08. The van der Waals surface area contributed by atoms with Crippen molar-refractivity contribution in [2.24, 2.45) is 0 Å². The van der Waals surface area contributed by atoms with E-state index in [0.717, 1.165) is 28.5 Å². The highest BCUT2D eigenvalue weighted by molar-refractivity contribution is 5.94. The van der Waals surface area contributed by atoms with Gasteiger partial charge in [0.15, 0.2) is 0 Å². The molecule has 0 atom stereocenters. The maximum absolute atomic E-state index is 12.6. The number of nitrogens with zero attached hydrogens (tertiary/aromatic N) is 1. The molecule has 1 N–H and O–H groups in total. The minimum absolute atomic E-state index is 0.0210. The summed E-state index contributed by atoms with van der Waals surface area (Å²) in [7, 11) is 3.39. The average Bonchev–Trinajstić information content (AvgIpc) is 3.09. The molecule has 5 nitrogen and oxygen atoms in total. The van der Waals surface area contributed by atoms with Gasteiger partial charge in [0, 0.05) is 37.2 Å². The maximum atomic E-state index is 12.6. The largest absolute Gasteiger partial charge is 0.464 e. The van der Waals surface area contributed by atoms with Gasteiger partial charge in [-0.1, -0.05) is 31.2 Å². The first kappa shape index (κ1) is 18.7. The van der Waals surface area contributed by atoms with Crippen LogP contribution in [0.25, 0.3) is 11.0 Å². The molecule has 0 bridgehead atoms. The van der Waals surface area contributed by atoms with Gasteiger partial charge < -0.3 is 14.6 Å². The van der Waals surface area contributed by atoms with E-state index in [1.807, 2.05) is 24.3 Å². The van der Waals surface area contributed by atoms with Gasteiger partial charge in [0.2, 0.25) is 5.91 Å². The Kier molecular flexibility index (Phi) is 5.60. The van der Waals surface area contributed by atoms with Gasteiger partial charge in [-0.3, -0.25) is 9.59 Å². The lowest BCUT2D eigenvalue weighted by Gasteiger charge is -2.17. The quantitative estimate of drug-likeness (QED) is 0.727. The van der Waals surface area contributed by atoms with E-state index in [-0.39, 0.29) is 11.8 Å². The summed E-state index contributed by atoms with van der Waals surface area (Å²) in [5.74, 6) is -0.100. The normalized spacial score (nSPS) is 10.8. The number of rotatable bonds is 6. The second-order valence-corrected chi connectivity index (χ2v) is 6.65. The Morgan fingerprint density at radius 2 is 1.78 bits per heavy atom. The Balaban J connectivity index is 1.66. The summed E-state index contributed by atoms with van der Waals surface area (Å²) < 4.78 is 5.63. The summed E-state index contributed by atoms with van der Waals surface area (Å²) in [5.41, 5.74) is 4.52. The molecule has 0 saturated heterocycles. The van der Waals surface area contributed by atoms with Gasteiger partial charge in [0.05, 0.1) is 12.7 Å². The van der Waals surface area contributed by atoms with E-state index in [9.17, 15) is 9.59 Å². The number of amides is 2. The van der Waals surface area contributed by atoms with Crippen molar-refractivity contribution in [3.05, 3.63) is 71.0 Å². The first-order valence-corrected chi connectivity index (χ1v) is 9.05. The zero-order valence-electron chi connectivity index (χ0n) is 15.9. The second kappa shape index (κ2) is 8.08. The fourth-order valence-electron chi connectivity index (χ4n) is 3.05. The van der Waals surface area contributed by atoms with Crippen molar-refractivity contribution >= 4 is 22.8 Å². The molecule has 0 fully saturated rings. The number of carbonyl (C=O) groups is 2. The summed E-state index contributed by atoms with van der Waals surface area (Å²) in [6.45, 7) is 2.59. The van der Waals surface area contributed by atoms with Gasteiger partial charge in [-0.05, 0) is 35.7 Å². The van der Waals surface area contributed by atoms with Crippen molar-refractivity contribution in [3.8, 4) is 0 Å². The molecule has 2 amide bonds. The molecular formula is C22H24N2O3. The molecule has 140 valence electrons. The molecule has 0 spiro atoms. The lowest BCUT2D eigenvalue weighted by molar-refractivity contribution is -0.129. The van der Waals surface area contributed by atoms with Gasteiger partial charge in [-0.2, -0.15) is 0 Å². The third kappa shape index (κ3) is 4.19. The number of aryl methyl sites for hydroxylation is 1. The fraction of sp³-hybridized carbons (Fsp3) is 0.273. The molecule has 2 aromatic carbocycles. The van der Waals surface area contributed by atoms with Gasteiger partial charge in [-0.25, -0.2) is 0 Å². The van der Waals surface area contributed by atoms with Crippen molar-refractivity contribution in [2.45, 2.75) is 26.3 Å². The monoisotopic (exact) mass is 364 g/mol. The first-order chi connectivity index (χ1) is 13.0. The van der Waals surface area contributed by atoms with Crippen LogP contribution in [0.3, 0.4) is 0 Å². The lowest BCUT2D eigenvalue weighted by Crippen LogP contribution is -2.27. The van der Waals surface area contributed by atoms with Crippen LogP contribution in [0.2, 0.25) is 0 Å². The fourth-order valence-corrected chi connectivity index (χ4v) is 3.05. The van der Waals surface area contributed by atoms with Gasteiger partial charge >= 0.3 is 0 Å². The number of carbonyl (C=O) groups excluding carboxylic acids is 2. The summed E-state index contributed by atoms with van der Waals surface area (Å²) in [6, 6.07) is 13.4. The minimum Gasteiger partial charge on any atom is -0.464 e. The second-order valence-electron chi connectivity index (χ2n) is 6.65. The Morgan fingerprint density at radius 1 is 1.07 bits per heavy atom. The van der Waals surface area contributed by atoms with Crippen LogP contribution >= 0.6 is 0 Å². The van der Waals surface area contributed by atoms with Crippen molar-refractivity contribution in [1.82, 2.24) is 10.2 Å². The molecule has 5 heteroatoms. The number of fused-ring (bicyclic) bond motifs is 1. The highest BCUT2D eigenvalue weighted by Gasteiger charge is 2.15. The predicted octanol–water partition coefficient (Wildman–Crippen LogP) is 3.56. The summed E-state index contributed by atoms with van der Waals surface area (Å²) in [6.07, 6.45) is 2.92. The first-order valence-electron chi connectivity index (χ1n) is 9.05. The zero-order valence-corrected chi connectivity index (χ0v) is 15.9. The number of nitrogens with one attached hydrogen (secondary N) is 1. The third-order valence-corrected chi connectivity index (χ3v) is 4.76. The van der Waals surface area contributed by atoms with Crippen LogP contribution in [-0.4, -0.2) is 30.8 Å². The lowest BCUT2D eigenvalue weighted by atomic mass is 10.1. The molecule has 3 rings (SSSR count). The highest BCUT2D eigenvalue weighted by atomic mass is 16.3. The van der Waals surface area contributed by atoms with Gasteiger partial charge in [0.25, 0.3) is 5.91 Å². The Morgan fingerprint density at radius 3 is 2.44 bits per heavy atom. The van der Waals surface area contributed by atoms with Crippen LogP contribution in [0, 0.1) is 0 Å². The smallest absolute Gasteiger partial charge is 0.251 e. The SMILES string of the molecule is CCc1ccc2c(CC(=O)N(C)Cc3ccc(C(=O)NC)cc3)coc2c1. The van der Waals surface area contributed by atoms with Crippen LogP contribution in [-0.2, 0) is 24.2 Å². The van der Waals surface area contributed by atoms with E-state index in [2.05, 4.69) is 18.3 Å². The van der Waals surface area contributed by atoms with Gasteiger partial charge in [0.1, 0.15) is 5.58 Å².